The molecule has 0 aliphatic carbocycles. The molecule has 1 N–H and O–H groups in total. The molecule has 1 saturated heterocycles. The van der Waals surface area contributed by atoms with Gasteiger partial charge in [0.1, 0.15) is 0 Å². The van der Waals surface area contributed by atoms with Gasteiger partial charge in [0.15, 0.2) is 0 Å². The fourth-order valence-corrected chi connectivity index (χ4v) is 2.04. The van der Waals surface area contributed by atoms with Crippen LogP contribution in [0.25, 0.3) is 0 Å². The fourth-order valence-electron chi connectivity index (χ4n) is 2.04. The standard InChI is InChI=1S/C12H23NO3/c1-3-16-8-4-5-12(15)13-7-6-11(9-13)10(2)14/h10-11,14H,3-9H2,1-2H3. The number of nitrogens with zero attached hydrogens (tertiary/aromatic N) is 1. The molecular formula is C12H23NO3. The average Bonchev–Trinajstić information content (AvgIpc) is 2.73. The third-order valence-corrected chi connectivity index (χ3v) is 3.14. The van der Waals surface area contributed by atoms with Crippen LogP contribution in [0, 0.1) is 5.92 Å². The van der Waals surface area contributed by atoms with Crippen LogP contribution in [0.1, 0.15) is 33.1 Å². The van der Waals surface area contributed by atoms with Gasteiger partial charge in [0.25, 0.3) is 0 Å². The molecule has 0 aromatic heterocycles. The van der Waals surface area contributed by atoms with Crippen molar-refractivity contribution in [3.63, 3.8) is 0 Å². The fraction of sp³-hybridized carbons (Fsp3) is 0.917. The highest BCUT2D eigenvalue weighted by Gasteiger charge is 2.28. The van der Waals surface area contributed by atoms with Crippen LogP contribution in [0.5, 0.6) is 0 Å². The van der Waals surface area contributed by atoms with Crippen LogP contribution < -0.4 is 0 Å². The Labute approximate surface area is 97.6 Å². The zero-order valence-electron chi connectivity index (χ0n) is 10.3. The first-order chi connectivity index (χ1) is 7.65. The van der Waals surface area contributed by atoms with Crippen molar-refractivity contribution in [2.75, 3.05) is 26.3 Å². The lowest BCUT2D eigenvalue weighted by molar-refractivity contribution is -0.130. The van der Waals surface area contributed by atoms with Gasteiger partial charge in [-0.2, -0.15) is 0 Å². The molecule has 1 aliphatic rings. The average molecular weight is 229 g/mol. The van der Waals surface area contributed by atoms with E-state index in [4.69, 9.17) is 4.74 Å². The van der Waals surface area contributed by atoms with E-state index in [0.29, 0.717) is 26.2 Å². The molecule has 1 amide bonds. The highest BCUT2D eigenvalue weighted by atomic mass is 16.5. The molecule has 0 saturated carbocycles. The van der Waals surface area contributed by atoms with Crippen molar-refractivity contribution in [1.82, 2.24) is 4.90 Å². The first-order valence-corrected chi connectivity index (χ1v) is 6.18. The van der Waals surface area contributed by atoms with Crippen molar-refractivity contribution < 1.29 is 14.6 Å². The van der Waals surface area contributed by atoms with Crippen molar-refractivity contribution in [2.45, 2.75) is 39.2 Å². The molecule has 0 spiro atoms. The van der Waals surface area contributed by atoms with Gasteiger partial charge in [0.05, 0.1) is 6.10 Å². The maximum Gasteiger partial charge on any atom is 0.222 e. The molecular weight excluding hydrogens is 206 g/mol. The Balaban J connectivity index is 2.18. The molecule has 16 heavy (non-hydrogen) atoms. The van der Waals surface area contributed by atoms with Gasteiger partial charge in [-0.05, 0) is 26.7 Å². The normalized spacial score (nSPS) is 22.4. The second kappa shape index (κ2) is 6.86. The zero-order chi connectivity index (χ0) is 12.0. The van der Waals surface area contributed by atoms with E-state index in [9.17, 15) is 9.90 Å². The highest BCUT2D eigenvalue weighted by Crippen LogP contribution is 2.20. The lowest BCUT2D eigenvalue weighted by atomic mass is 10.0. The van der Waals surface area contributed by atoms with Gasteiger partial charge in [0, 0.05) is 38.6 Å². The lowest BCUT2D eigenvalue weighted by Gasteiger charge is -2.17. The summed E-state index contributed by atoms with van der Waals surface area (Å²) in [5.74, 6) is 0.457. The van der Waals surface area contributed by atoms with Crippen LogP contribution in [-0.4, -0.2) is 48.3 Å². The number of likely N-dealkylation sites (tertiary alicyclic amines) is 1. The molecule has 1 aliphatic heterocycles. The number of hydrogen-bond donors (Lipinski definition) is 1. The Bertz CT molecular complexity index is 218. The van der Waals surface area contributed by atoms with Gasteiger partial charge in [0.2, 0.25) is 5.91 Å². The van der Waals surface area contributed by atoms with Crippen LogP contribution in [0.3, 0.4) is 0 Å². The van der Waals surface area contributed by atoms with Gasteiger partial charge in [-0.1, -0.05) is 0 Å². The van der Waals surface area contributed by atoms with Gasteiger partial charge < -0.3 is 14.7 Å². The first kappa shape index (κ1) is 13.5. The molecule has 0 aromatic rings. The van der Waals surface area contributed by atoms with Crippen molar-refractivity contribution in [2.24, 2.45) is 5.92 Å². The molecule has 2 unspecified atom stereocenters. The number of hydrogen-bond acceptors (Lipinski definition) is 3. The van der Waals surface area contributed by atoms with E-state index in [1.54, 1.807) is 6.92 Å². The first-order valence-electron chi connectivity index (χ1n) is 6.18. The second-order valence-electron chi connectivity index (χ2n) is 4.43. The summed E-state index contributed by atoms with van der Waals surface area (Å²) in [4.78, 5) is 13.6. The number of aliphatic hydroxyl groups is 1. The summed E-state index contributed by atoms with van der Waals surface area (Å²) in [6.45, 7) is 6.63. The second-order valence-corrected chi connectivity index (χ2v) is 4.43. The zero-order valence-corrected chi connectivity index (χ0v) is 10.3. The summed E-state index contributed by atoms with van der Waals surface area (Å²) in [7, 11) is 0. The maximum atomic E-state index is 11.8. The van der Waals surface area contributed by atoms with Crippen LogP contribution in [-0.2, 0) is 9.53 Å². The van der Waals surface area contributed by atoms with Gasteiger partial charge in [-0.15, -0.1) is 0 Å². The number of carbonyl (C=O) groups is 1. The quantitative estimate of drug-likeness (QED) is 0.692. The molecule has 4 nitrogen and oxygen atoms in total. The number of rotatable bonds is 6. The van der Waals surface area contributed by atoms with Gasteiger partial charge in [-0.3, -0.25) is 4.79 Å². The minimum Gasteiger partial charge on any atom is -0.393 e. The Morgan fingerprint density at radius 2 is 2.38 bits per heavy atom. The van der Waals surface area contributed by atoms with Gasteiger partial charge >= 0.3 is 0 Å². The van der Waals surface area contributed by atoms with E-state index < -0.39 is 0 Å². The molecule has 0 aromatic carbocycles. The minimum atomic E-state index is -0.304. The van der Waals surface area contributed by atoms with Crippen molar-refractivity contribution in [3.05, 3.63) is 0 Å². The third kappa shape index (κ3) is 4.10. The Hall–Kier alpha value is -0.610. The largest absolute Gasteiger partial charge is 0.393 e. The van der Waals surface area contributed by atoms with E-state index in [-0.39, 0.29) is 17.9 Å². The molecule has 1 rings (SSSR count). The SMILES string of the molecule is CCOCCCC(=O)N1CCC(C(C)O)C1. The number of ether oxygens (including phenoxy) is 1. The van der Waals surface area contributed by atoms with Crippen LogP contribution in [0.2, 0.25) is 0 Å². The Morgan fingerprint density at radius 1 is 1.62 bits per heavy atom. The lowest BCUT2D eigenvalue weighted by Crippen LogP contribution is -2.30. The van der Waals surface area contributed by atoms with E-state index in [2.05, 4.69) is 0 Å². The summed E-state index contributed by atoms with van der Waals surface area (Å²) < 4.78 is 5.20. The third-order valence-electron chi connectivity index (χ3n) is 3.14. The monoisotopic (exact) mass is 229 g/mol. The molecule has 1 fully saturated rings. The molecule has 0 radical (unpaired) electrons. The molecule has 94 valence electrons. The predicted molar refractivity (Wildman–Crippen MR) is 62.1 cm³/mol. The van der Waals surface area contributed by atoms with Crippen molar-refractivity contribution in [1.29, 1.82) is 0 Å². The van der Waals surface area contributed by atoms with Crippen LogP contribution in [0.15, 0.2) is 0 Å². The van der Waals surface area contributed by atoms with Crippen molar-refractivity contribution >= 4 is 5.91 Å². The summed E-state index contributed by atoms with van der Waals surface area (Å²) in [6.07, 6.45) is 1.98. The van der Waals surface area contributed by atoms with Crippen LogP contribution >= 0.6 is 0 Å². The molecule has 4 heteroatoms. The summed E-state index contributed by atoms with van der Waals surface area (Å²) in [5.41, 5.74) is 0. The molecule has 1 heterocycles. The maximum absolute atomic E-state index is 11.8. The number of amides is 1. The smallest absolute Gasteiger partial charge is 0.222 e. The van der Waals surface area contributed by atoms with E-state index in [0.717, 1.165) is 19.4 Å². The minimum absolute atomic E-state index is 0.197. The highest BCUT2D eigenvalue weighted by molar-refractivity contribution is 5.76. The summed E-state index contributed by atoms with van der Waals surface area (Å²) in [6, 6.07) is 0. The predicted octanol–water partition coefficient (Wildman–Crippen LogP) is 1.03. The number of carbonyl (C=O) groups excluding carboxylic acids is 1. The molecule has 2 atom stereocenters. The number of aliphatic hydroxyl groups excluding tert-OH is 1. The topological polar surface area (TPSA) is 49.8 Å². The van der Waals surface area contributed by atoms with E-state index in [1.807, 2.05) is 11.8 Å². The van der Waals surface area contributed by atoms with Crippen molar-refractivity contribution in [3.8, 4) is 0 Å². The van der Waals surface area contributed by atoms with E-state index in [1.165, 1.54) is 0 Å². The summed E-state index contributed by atoms with van der Waals surface area (Å²) >= 11 is 0. The molecule has 0 bridgehead atoms. The Kier molecular flexibility index (Phi) is 5.77. The van der Waals surface area contributed by atoms with E-state index >= 15 is 0 Å². The van der Waals surface area contributed by atoms with Gasteiger partial charge in [-0.25, -0.2) is 0 Å². The van der Waals surface area contributed by atoms with Crippen LogP contribution in [0.4, 0.5) is 0 Å². The Morgan fingerprint density at radius 3 is 2.94 bits per heavy atom. The summed E-state index contributed by atoms with van der Waals surface area (Å²) in [5, 5.41) is 9.44.